The molecule has 1 aromatic carbocycles. The average molecular weight is 199 g/mol. The van der Waals surface area contributed by atoms with Gasteiger partial charge in [0.2, 0.25) is 0 Å². The molecule has 14 heavy (non-hydrogen) atoms. The Bertz CT molecular complexity index is 279. The molecule has 0 amide bonds. The smallest absolute Gasteiger partial charge is 0.149 e. The molecular weight excluding hydrogens is 184 g/mol. The molecule has 1 rings (SSSR count). The highest BCUT2D eigenvalue weighted by Crippen LogP contribution is 2.18. The fourth-order valence-electron chi connectivity index (χ4n) is 1.09. The molecule has 0 bridgehead atoms. The van der Waals surface area contributed by atoms with Gasteiger partial charge in [-0.05, 0) is 18.1 Å². The van der Waals surface area contributed by atoms with Gasteiger partial charge in [0.1, 0.15) is 17.3 Å². The molecule has 1 atom stereocenters. The van der Waals surface area contributed by atoms with E-state index in [1.54, 1.807) is 0 Å². The highest BCUT2D eigenvalue weighted by Gasteiger charge is 2.08. The molecule has 0 aromatic heterocycles. The standard InChI is InChI=1S/C11H15F2N/c1-3-8(2)7-14-11-9(12)5-4-6-10(11)13/h4-6,8,14H,3,7H2,1-2H3/t8-/m1/s1. The van der Waals surface area contributed by atoms with E-state index in [1.807, 2.05) is 13.8 Å². The first-order valence-corrected chi connectivity index (χ1v) is 4.83. The van der Waals surface area contributed by atoms with Crippen LogP contribution in [0.3, 0.4) is 0 Å². The molecule has 78 valence electrons. The van der Waals surface area contributed by atoms with Gasteiger partial charge < -0.3 is 5.32 Å². The van der Waals surface area contributed by atoms with Crippen molar-refractivity contribution in [2.75, 3.05) is 11.9 Å². The van der Waals surface area contributed by atoms with Crippen LogP contribution >= 0.6 is 0 Å². The number of rotatable bonds is 4. The molecule has 3 heteroatoms. The van der Waals surface area contributed by atoms with Gasteiger partial charge in [0.25, 0.3) is 0 Å². The van der Waals surface area contributed by atoms with Crippen molar-refractivity contribution in [2.24, 2.45) is 5.92 Å². The third kappa shape index (κ3) is 2.69. The highest BCUT2D eigenvalue weighted by atomic mass is 19.1. The molecule has 0 aliphatic carbocycles. The second-order valence-corrected chi connectivity index (χ2v) is 3.49. The van der Waals surface area contributed by atoms with E-state index >= 15 is 0 Å². The highest BCUT2D eigenvalue weighted by molar-refractivity contribution is 5.45. The number of hydrogen-bond donors (Lipinski definition) is 1. The van der Waals surface area contributed by atoms with Crippen molar-refractivity contribution < 1.29 is 8.78 Å². The van der Waals surface area contributed by atoms with Crippen LogP contribution in [0, 0.1) is 17.6 Å². The van der Waals surface area contributed by atoms with Crippen LogP contribution in [0.4, 0.5) is 14.5 Å². The van der Waals surface area contributed by atoms with Gasteiger partial charge in [0.15, 0.2) is 0 Å². The zero-order valence-electron chi connectivity index (χ0n) is 8.48. The summed E-state index contributed by atoms with van der Waals surface area (Å²) in [6.07, 6.45) is 0.989. The summed E-state index contributed by atoms with van der Waals surface area (Å²) < 4.78 is 26.2. The van der Waals surface area contributed by atoms with E-state index in [9.17, 15) is 8.78 Å². The predicted molar refractivity (Wildman–Crippen MR) is 54.3 cm³/mol. The number of benzene rings is 1. The lowest BCUT2D eigenvalue weighted by Gasteiger charge is -2.12. The molecule has 0 saturated carbocycles. The molecule has 0 aliphatic heterocycles. The Labute approximate surface area is 83.1 Å². The number of nitrogens with one attached hydrogen (secondary N) is 1. The van der Waals surface area contributed by atoms with Crippen LogP contribution in [0.5, 0.6) is 0 Å². The molecule has 0 saturated heterocycles. The Kier molecular flexibility index (Phi) is 3.86. The van der Waals surface area contributed by atoms with Crippen LogP contribution < -0.4 is 5.32 Å². The van der Waals surface area contributed by atoms with Crippen LogP contribution in [0.1, 0.15) is 20.3 Å². The Morgan fingerprint density at radius 2 is 1.86 bits per heavy atom. The fourth-order valence-corrected chi connectivity index (χ4v) is 1.09. The van der Waals surface area contributed by atoms with Gasteiger partial charge >= 0.3 is 0 Å². The van der Waals surface area contributed by atoms with Crippen LogP contribution in [-0.2, 0) is 0 Å². The maximum absolute atomic E-state index is 13.1. The summed E-state index contributed by atoms with van der Waals surface area (Å²) in [6, 6.07) is 3.86. The minimum absolute atomic E-state index is 0.0206. The summed E-state index contributed by atoms with van der Waals surface area (Å²) in [7, 11) is 0. The van der Waals surface area contributed by atoms with Crippen molar-refractivity contribution in [1.29, 1.82) is 0 Å². The van der Waals surface area contributed by atoms with E-state index in [2.05, 4.69) is 5.32 Å². The summed E-state index contributed by atoms with van der Waals surface area (Å²) in [5, 5.41) is 2.78. The monoisotopic (exact) mass is 199 g/mol. The number of anilines is 1. The summed E-state index contributed by atoms with van der Waals surface area (Å²) in [5.74, 6) is -0.657. The zero-order chi connectivity index (χ0) is 10.6. The first-order valence-electron chi connectivity index (χ1n) is 4.83. The fraction of sp³-hybridized carbons (Fsp3) is 0.455. The van der Waals surface area contributed by atoms with Gasteiger partial charge in [-0.1, -0.05) is 26.3 Å². The molecule has 0 heterocycles. The third-order valence-electron chi connectivity index (χ3n) is 2.29. The Morgan fingerprint density at radius 1 is 1.29 bits per heavy atom. The van der Waals surface area contributed by atoms with Gasteiger partial charge in [0.05, 0.1) is 0 Å². The van der Waals surface area contributed by atoms with E-state index in [0.29, 0.717) is 12.5 Å². The van der Waals surface area contributed by atoms with E-state index in [4.69, 9.17) is 0 Å². The minimum atomic E-state index is -0.534. The summed E-state index contributed by atoms with van der Waals surface area (Å²) in [5.41, 5.74) is -0.0206. The van der Waals surface area contributed by atoms with Crippen molar-refractivity contribution in [2.45, 2.75) is 20.3 Å². The van der Waals surface area contributed by atoms with E-state index in [-0.39, 0.29) is 5.69 Å². The molecule has 1 nitrogen and oxygen atoms in total. The molecule has 0 radical (unpaired) electrons. The average Bonchev–Trinajstić information content (AvgIpc) is 2.16. The third-order valence-corrected chi connectivity index (χ3v) is 2.29. The lowest BCUT2D eigenvalue weighted by atomic mass is 10.1. The van der Waals surface area contributed by atoms with E-state index in [0.717, 1.165) is 6.42 Å². The van der Waals surface area contributed by atoms with Crippen LogP contribution in [0.25, 0.3) is 0 Å². The number of hydrogen-bond acceptors (Lipinski definition) is 1. The second-order valence-electron chi connectivity index (χ2n) is 3.49. The Morgan fingerprint density at radius 3 is 2.36 bits per heavy atom. The predicted octanol–water partition coefficient (Wildman–Crippen LogP) is 3.42. The Balaban J connectivity index is 2.66. The van der Waals surface area contributed by atoms with E-state index in [1.165, 1.54) is 18.2 Å². The first kappa shape index (κ1) is 11.0. The molecule has 1 N–H and O–H groups in total. The lowest BCUT2D eigenvalue weighted by Crippen LogP contribution is -2.12. The minimum Gasteiger partial charge on any atom is -0.380 e. The second kappa shape index (κ2) is 4.94. The van der Waals surface area contributed by atoms with Crippen LogP contribution in [0.2, 0.25) is 0 Å². The van der Waals surface area contributed by atoms with Gasteiger partial charge in [-0.15, -0.1) is 0 Å². The molecule has 0 aliphatic rings. The normalized spacial score (nSPS) is 12.6. The van der Waals surface area contributed by atoms with Gasteiger partial charge in [-0.3, -0.25) is 0 Å². The van der Waals surface area contributed by atoms with Crippen molar-refractivity contribution in [3.05, 3.63) is 29.8 Å². The summed E-state index contributed by atoms with van der Waals surface area (Å²) in [4.78, 5) is 0. The van der Waals surface area contributed by atoms with Gasteiger partial charge in [0, 0.05) is 6.54 Å². The lowest BCUT2D eigenvalue weighted by molar-refractivity contribution is 0.566. The Hall–Kier alpha value is -1.12. The topological polar surface area (TPSA) is 12.0 Å². The SMILES string of the molecule is CC[C@@H](C)CNc1c(F)cccc1F. The molecule has 0 unspecified atom stereocenters. The van der Waals surface area contributed by atoms with Crippen molar-refractivity contribution in [3.63, 3.8) is 0 Å². The van der Waals surface area contributed by atoms with Gasteiger partial charge in [-0.25, -0.2) is 8.78 Å². The largest absolute Gasteiger partial charge is 0.380 e. The quantitative estimate of drug-likeness (QED) is 0.783. The molecular formula is C11H15F2N. The van der Waals surface area contributed by atoms with Crippen molar-refractivity contribution in [1.82, 2.24) is 0 Å². The van der Waals surface area contributed by atoms with Crippen LogP contribution in [-0.4, -0.2) is 6.54 Å². The maximum Gasteiger partial charge on any atom is 0.149 e. The zero-order valence-corrected chi connectivity index (χ0v) is 8.48. The number of para-hydroxylation sites is 1. The van der Waals surface area contributed by atoms with E-state index < -0.39 is 11.6 Å². The van der Waals surface area contributed by atoms with Crippen LogP contribution in [0.15, 0.2) is 18.2 Å². The maximum atomic E-state index is 13.1. The van der Waals surface area contributed by atoms with Gasteiger partial charge in [-0.2, -0.15) is 0 Å². The van der Waals surface area contributed by atoms with Crippen molar-refractivity contribution >= 4 is 5.69 Å². The number of halogens is 2. The van der Waals surface area contributed by atoms with Crippen molar-refractivity contribution in [3.8, 4) is 0 Å². The first-order chi connectivity index (χ1) is 6.65. The molecule has 1 aromatic rings. The summed E-state index contributed by atoms with van der Waals surface area (Å²) in [6.45, 7) is 4.67. The molecule has 0 fully saturated rings. The molecule has 0 spiro atoms. The summed E-state index contributed by atoms with van der Waals surface area (Å²) >= 11 is 0.